The average Bonchev–Trinajstić information content (AvgIpc) is 2.46. The van der Waals surface area contributed by atoms with Crippen LogP contribution < -0.4 is 0 Å². The summed E-state index contributed by atoms with van der Waals surface area (Å²) < 4.78 is 40.8. The molecule has 8 heteroatoms. The molecular weight excluding hydrogens is 444 g/mol. The summed E-state index contributed by atoms with van der Waals surface area (Å²) in [5.74, 6) is -3.23. The summed E-state index contributed by atoms with van der Waals surface area (Å²) in [6, 6.07) is 8.03. The van der Waals surface area contributed by atoms with E-state index in [9.17, 15) is 23.1 Å². The maximum absolute atomic E-state index is 13.5. The number of aromatic carboxylic acids is 1. The fraction of sp³-hybridized carbons (Fsp3) is 0.118. The van der Waals surface area contributed by atoms with Gasteiger partial charge in [-0.3, -0.25) is 0 Å². The van der Waals surface area contributed by atoms with E-state index in [1.165, 1.54) is 30.3 Å². The molecule has 0 bridgehead atoms. The second-order valence-corrected chi connectivity index (χ2v) is 6.81. The Morgan fingerprint density at radius 1 is 1.16 bits per heavy atom. The van der Waals surface area contributed by atoms with Crippen LogP contribution >= 0.6 is 39.1 Å². The predicted molar refractivity (Wildman–Crippen MR) is 95.4 cm³/mol. The Morgan fingerprint density at radius 3 is 2.28 bits per heavy atom. The van der Waals surface area contributed by atoms with E-state index in [4.69, 9.17) is 23.2 Å². The van der Waals surface area contributed by atoms with Crippen LogP contribution in [0.2, 0.25) is 10.0 Å². The van der Waals surface area contributed by atoms with Crippen molar-refractivity contribution in [2.75, 3.05) is 0 Å². The van der Waals surface area contributed by atoms with Gasteiger partial charge in [-0.1, -0.05) is 57.4 Å². The molecule has 1 atom stereocenters. The maximum Gasteiger partial charge on any atom is 0.399 e. The number of allylic oxidation sites excluding steroid dienone is 1. The molecule has 0 aliphatic heterocycles. The molecule has 132 valence electrons. The summed E-state index contributed by atoms with van der Waals surface area (Å²) in [6.07, 6.45) is -2.59. The van der Waals surface area contributed by atoms with Gasteiger partial charge in [-0.05, 0) is 35.9 Å². The van der Waals surface area contributed by atoms with Crippen LogP contribution in [0.5, 0.6) is 0 Å². The van der Waals surface area contributed by atoms with E-state index in [0.29, 0.717) is 4.47 Å². The van der Waals surface area contributed by atoms with Crippen LogP contribution in [0, 0.1) is 0 Å². The van der Waals surface area contributed by atoms with Gasteiger partial charge in [0.1, 0.15) is 0 Å². The van der Waals surface area contributed by atoms with Gasteiger partial charge >= 0.3 is 12.1 Å². The number of carbonyl (C=O) groups is 1. The first kappa shape index (κ1) is 19.8. The molecule has 0 aromatic heterocycles. The zero-order valence-corrected chi connectivity index (χ0v) is 15.4. The molecule has 0 spiro atoms. The van der Waals surface area contributed by atoms with Crippen LogP contribution in [-0.2, 0) is 0 Å². The number of hydrogen-bond acceptors (Lipinski definition) is 1. The Balaban J connectivity index is 2.53. The zero-order chi connectivity index (χ0) is 18.8. The van der Waals surface area contributed by atoms with E-state index < -0.39 is 18.1 Å². The van der Waals surface area contributed by atoms with E-state index in [1.54, 1.807) is 6.07 Å². The Kier molecular flexibility index (Phi) is 6.19. The first-order valence-corrected chi connectivity index (χ1v) is 8.37. The van der Waals surface area contributed by atoms with E-state index in [1.807, 2.05) is 0 Å². The summed E-state index contributed by atoms with van der Waals surface area (Å²) in [5, 5.41) is 9.35. The highest BCUT2D eigenvalue weighted by Crippen LogP contribution is 2.39. The molecule has 0 aliphatic rings. The van der Waals surface area contributed by atoms with Gasteiger partial charge in [0.15, 0.2) is 0 Å². The summed E-state index contributed by atoms with van der Waals surface area (Å²) in [4.78, 5) is 11.3. The molecule has 2 nitrogen and oxygen atoms in total. The minimum atomic E-state index is -4.60. The SMILES string of the molecule is O=C(O)c1cccc(Br)c1/C=C/C(c1cc(Cl)cc(Cl)c1)C(F)(F)F. The first-order chi connectivity index (χ1) is 11.6. The largest absolute Gasteiger partial charge is 0.478 e. The highest BCUT2D eigenvalue weighted by molar-refractivity contribution is 9.10. The molecule has 25 heavy (non-hydrogen) atoms. The van der Waals surface area contributed by atoms with Crippen molar-refractivity contribution in [3.63, 3.8) is 0 Å². The lowest BCUT2D eigenvalue weighted by molar-refractivity contribution is -0.139. The number of benzene rings is 2. The van der Waals surface area contributed by atoms with Crippen LogP contribution in [0.15, 0.2) is 46.9 Å². The van der Waals surface area contributed by atoms with Crippen molar-refractivity contribution >= 4 is 51.2 Å². The summed E-state index contributed by atoms with van der Waals surface area (Å²) in [6.45, 7) is 0. The molecule has 0 amide bonds. The van der Waals surface area contributed by atoms with Crippen molar-refractivity contribution in [3.05, 3.63) is 73.7 Å². The van der Waals surface area contributed by atoms with Crippen LogP contribution in [0.4, 0.5) is 13.2 Å². The van der Waals surface area contributed by atoms with Crippen molar-refractivity contribution in [1.82, 2.24) is 0 Å². The number of alkyl halides is 3. The van der Waals surface area contributed by atoms with Crippen LogP contribution in [-0.4, -0.2) is 17.3 Å². The van der Waals surface area contributed by atoms with Gasteiger partial charge in [-0.25, -0.2) is 4.79 Å². The lowest BCUT2D eigenvalue weighted by Gasteiger charge is -2.18. The molecule has 0 fully saturated rings. The average molecular weight is 454 g/mol. The molecule has 0 saturated carbocycles. The van der Waals surface area contributed by atoms with Crippen molar-refractivity contribution in [1.29, 1.82) is 0 Å². The molecule has 1 unspecified atom stereocenters. The van der Waals surface area contributed by atoms with Gasteiger partial charge in [0.05, 0.1) is 11.5 Å². The molecule has 1 N–H and O–H groups in total. The third kappa shape index (κ3) is 5.00. The second kappa shape index (κ2) is 7.81. The van der Waals surface area contributed by atoms with Crippen molar-refractivity contribution in [3.8, 4) is 0 Å². The standard InChI is InChI=1S/C17H10BrCl2F3O2/c18-15-3-1-2-13(16(24)25)12(15)4-5-14(17(21,22)23)9-6-10(19)8-11(20)7-9/h1-8,14H,(H,24,25)/b5-4+. The third-order valence-corrected chi connectivity index (χ3v) is 4.46. The van der Waals surface area contributed by atoms with E-state index in [0.717, 1.165) is 12.2 Å². The number of carboxylic acid groups (broad SMARTS) is 1. The van der Waals surface area contributed by atoms with E-state index in [2.05, 4.69) is 15.9 Å². The van der Waals surface area contributed by atoms with Gasteiger partial charge in [0, 0.05) is 20.1 Å². The quantitative estimate of drug-likeness (QED) is 0.551. The Hall–Kier alpha value is -1.50. The minimum Gasteiger partial charge on any atom is -0.478 e. The first-order valence-electron chi connectivity index (χ1n) is 6.82. The van der Waals surface area contributed by atoms with Gasteiger partial charge in [0.25, 0.3) is 0 Å². The Morgan fingerprint density at radius 2 is 1.76 bits per heavy atom. The topological polar surface area (TPSA) is 37.3 Å². The van der Waals surface area contributed by atoms with Crippen molar-refractivity contribution < 1.29 is 23.1 Å². The molecular formula is C17H10BrCl2F3O2. The number of rotatable bonds is 4. The zero-order valence-electron chi connectivity index (χ0n) is 12.3. The van der Waals surface area contributed by atoms with Gasteiger partial charge in [0.2, 0.25) is 0 Å². The second-order valence-electron chi connectivity index (χ2n) is 5.09. The van der Waals surface area contributed by atoms with Gasteiger partial charge < -0.3 is 5.11 Å². The summed E-state index contributed by atoms with van der Waals surface area (Å²) in [7, 11) is 0. The Bertz CT molecular complexity index is 815. The lowest BCUT2D eigenvalue weighted by atomic mass is 9.96. The van der Waals surface area contributed by atoms with Crippen LogP contribution in [0.25, 0.3) is 6.08 Å². The highest BCUT2D eigenvalue weighted by Gasteiger charge is 2.39. The monoisotopic (exact) mass is 452 g/mol. The molecule has 2 rings (SSSR count). The normalized spacial score (nSPS) is 13.2. The lowest BCUT2D eigenvalue weighted by Crippen LogP contribution is -2.19. The smallest absolute Gasteiger partial charge is 0.399 e. The fourth-order valence-corrected chi connectivity index (χ4v) is 3.29. The van der Waals surface area contributed by atoms with Crippen LogP contribution in [0.1, 0.15) is 27.4 Å². The number of halogens is 6. The highest BCUT2D eigenvalue weighted by atomic mass is 79.9. The maximum atomic E-state index is 13.5. The summed E-state index contributed by atoms with van der Waals surface area (Å²) >= 11 is 14.7. The molecule has 2 aromatic carbocycles. The summed E-state index contributed by atoms with van der Waals surface area (Å²) in [5.41, 5.74) is -0.113. The predicted octanol–water partition coefficient (Wildman–Crippen LogP) is 6.81. The van der Waals surface area contributed by atoms with Gasteiger partial charge in [-0.15, -0.1) is 0 Å². The van der Waals surface area contributed by atoms with Gasteiger partial charge in [-0.2, -0.15) is 13.2 Å². The number of carboxylic acids is 1. The minimum absolute atomic E-state index is 0.0808. The van der Waals surface area contributed by atoms with Crippen molar-refractivity contribution in [2.24, 2.45) is 0 Å². The Labute approximate surface area is 160 Å². The molecule has 0 saturated heterocycles. The molecule has 0 radical (unpaired) electrons. The number of hydrogen-bond donors (Lipinski definition) is 1. The molecule has 0 heterocycles. The van der Waals surface area contributed by atoms with Crippen molar-refractivity contribution in [2.45, 2.75) is 12.1 Å². The fourth-order valence-electron chi connectivity index (χ4n) is 2.25. The molecule has 0 aliphatic carbocycles. The van der Waals surface area contributed by atoms with E-state index >= 15 is 0 Å². The molecule has 2 aromatic rings. The third-order valence-electron chi connectivity index (χ3n) is 3.34. The van der Waals surface area contributed by atoms with E-state index in [-0.39, 0.29) is 26.7 Å². The van der Waals surface area contributed by atoms with Crippen LogP contribution in [0.3, 0.4) is 0 Å².